The molecule has 0 aliphatic rings. The summed E-state index contributed by atoms with van der Waals surface area (Å²) in [6, 6.07) is 11.2. The van der Waals surface area contributed by atoms with Gasteiger partial charge in [-0.1, -0.05) is 24.3 Å². The number of nitrogens with two attached hydrogens (primary N) is 1. The fraction of sp³-hybridized carbons (Fsp3) is 0.200. The van der Waals surface area contributed by atoms with Crippen molar-refractivity contribution in [1.29, 1.82) is 0 Å². The Labute approximate surface area is 117 Å². The van der Waals surface area contributed by atoms with Crippen molar-refractivity contribution >= 4 is 11.8 Å². The van der Waals surface area contributed by atoms with Crippen LogP contribution >= 0.6 is 0 Å². The van der Waals surface area contributed by atoms with E-state index in [1.54, 1.807) is 18.3 Å². The summed E-state index contributed by atoms with van der Waals surface area (Å²) < 4.78 is 4.68. The third kappa shape index (κ3) is 3.33. The Morgan fingerprint density at radius 3 is 2.75 bits per heavy atom. The average Bonchev–Trinajstić information content (AvgIpc) is 2.52. The topological polar surface area (TPSA) is 77.2 Å². The van der Waals surface area contributed by atoms with E-state index in [4.69, 9.17) is 5.73 Å². The summed E-state index contributed by atoms with van der Waals surface area (Å²) in [4.78, 5) is 15.6. The second kappa shape index (κ2) is 6.68. The first kappa shape index (κ1) is 14.0. The molecule has 0 spiro atoms. The number of methoxy groups -OCH3 is 1. The molecule has 0 atom stereocenters. The van der Waals surface area contributed by atoms with Gasteiger partial charge in [0, 0.05) is 19.3 Å². The number of aromatic nitrogens is 1. The maximum Gasteiger partial charge on any atom is 0.338 e. The average molecular weight is 271 g/mol. The SMILES string of the molecule is COC(=O)c1ccnc(NCc2ccccc2CN)c1. The van der Waals surface area contributed by atoms with Crippen molar-refractivity contribution in [2.24, 2.45) is 5.73 Å². The molecule has 0 saturated heterocycles. The highest BCUT2D eigenvalue weighted by Crippen LogP contribution is 2.12. The van der Waals surface area contributed by atoms with Crippen molar-refractivity contribution in [1.82, 2.24) is 4.98 Å². The first-order valence-electron chi connectivity index (χ1n) is 6.29. The number of nitrogens with one attached hydrogen (secondary N) is 1. The number of carbonyl (C=O) groups excluding carboxylic acids is 1. The first-order chi connectivity index (χ1) is 9.74. The van der Waals surface area contributed by atoms with Crippen molar-refractivity contribution in [3.8, 4) is 0 Å². The van der Waals surface area contributed by atoms with Crippen LogP contribution in [0.25, 0.3) is 0 Å². The Balaban J connectivity index is 2.09. The van der Waals surface area contributed by atoms with E-state index in [9.17, 15) is 4.79 Å². The van der Waals surface area contributed by atoms with Crippen LogP contribution in [0.3, 0.4) is 0 Å². The van der Waals surface area contributed by atoms with E-state index in [1.807, 2.05) is 24.3 Å². The summed E-state index contributed by atoms with van der Waals surface area (Å²) in [6.45, 7) is 1.10. The van der Waals surface area contributed by atoms with Crippen LogP contribution in [-0.2, 0) is 17.8 Å². The van der Waals surface area contributed by atoms with E-state index in [1.165, 1.54) is 7.11 Å². The predicted octanol–water partition coefficient (Wildman–Crippen LogP) is 1.94. The molecule has 0 unspecified atom stereocenters. The van der Waals surface area contributed by atoms with Gasteiger partial charge in [-0.2, -0.15) is 0 Å². The zero-order valence-electron chi connectivity index (χ0n) is 11.3. The Kier molecular flexibility index (Phi) is 4.68. The van der Waals surface area contributed by atoms with Crippen molar-refractivity contribution in [2.45, 2.75) is 13.1 Å². The Hall–Kier alpha value is -2.40. The van der Waals surface area contributed by atoms with E-state index in [-0.39, 0.29) is 5.97 Å². The van der Waals surface area contributed by atoms with E-state index < -0.39 is 0 Å². The van der Waals surface area contributed by atoms with Gasteiger partial charge in [0.15, 0.2) is 0 Å². The standard InChI is InChI=1S/C15H17N3O2/c1-20-15(19)11-6-7-17-14(8-11)18-10-13-5-3-2-4-12(13)9-16/h2-8H,9-10,16H2,1H3,(H,17,18). The number of esters is 1. The van der Waals surface area contributed by atoms with Gasteiger partial charge in [0.2, 0.25) is 0 Å². The van der Waals surface area contributed by atoms with E-state index in [2.05, 4.69) is 15.0 Å². The van der Waals surface area contributed by atoms with E-state index in [0.29, 0.717) is 24.5 Å². The van der Waals surface area contributed by atoms with E-state index in [0.717, 1.165) is 11.1 Å². The molecule has 2 aromatic rings. The van der Waals surface area contributed by atoms with Crippen LogP contribution < -0.4 is 11.1 Å². The van der Waals surface area contributed by atoms with Gasteiger partial charge < -0.3 is 15.8 Å². The summed E-state index contributed by atoms with van der Waals surface area (Å²) in [5.74, 6) is 0.248. The molecule has 5 heteroatoms. The van der Waals surface area contributed by atoms with Crippen molar-refractivity contribution in [3.63, 3.8) is 0 Å². The number of anilines is 1. The van der Waals surface area contributed by atoms with Gasteiger partial charge in [-0.05, 0) is 23.3 Å². The molecular formula is C15H17N3O2. The number of carbonyl (C=O) groups is 1. The zero-order valence-corrected chi connectivity index (χ0v) is 11.3. The quantitative estimate of drug-likeness (QED) is 0.813. The third-order valence-corrected chi connectivity index (χ3v) is 2.98. The highest BCUT2D eigenvalue weighted by atomic mass is 16.5. The highest BCUT2D eigenvalue weighted by Gasteiger charge is 2.06. The molecule has 3 N–H and O–H groups in total. The van der Waals surface area contributed by atoms with Gasteiger partial charge in [0.1, 0.15) is 5.82 Å². The minimum Gasteiger partial charge on any atom is -0.465 e. The number of rotatable bonds is 5. The molecule has 0 bridgehead atoms. The number of ether oxygens (including phenoxy) is 1. The molecule has 2 rings (SSSR count). The highest BCUT2D eigenvalue weighted by molar-refractivity contribution is 5.89. The fourth-order valence-electron chi connectivity index (χ4n) is 1.89. The van der Waals surface area contributed by atoms with E-state index >= 15 is 0 Å². The molecular weight excluding hydrogens is 254 g/mol. The molecule has 0 saturated carbocycles. The molecule has 0 aliphatic heterocycles. The largest absolute Gasteiger partial charge is 0.465 e. The van der Waals surface area contributed by atoms with Gasteiger partial charge in [0.05, 0.1) is 12.7 Å². The minimum atomic E-state index is -0.377. The normalized spacial score (nSPS) is 10.1. The van der Waals surface area contributed by atoms with Crippen LogP contribution in [0.4, 0.5) is 5.82 Å². The minimum absolute atomic E-state index is 0.377. The molecule has 5 nitrogen and oxygen atoms in total. The van der Waals surface area contributed by atoms with Crippen LogP contribution in [0.1, 0.15) is 21.5 Å². The lowest BCUT2D eigenvalue weighted by molar-refractivity contribution is 0.0600. The van der Waals surface area contributed by atoms with Crippen LogP contribution in [-0.4, -0.2) is 18.1 Å². The molecule has 20 heavy (non-hydrogen) atoms. The van der Waals surface area contributed by atoms with Crippen LogP contribution in [0, 0.1) is 0 Å². The van der Waals surface area contributed by atoms with Gasteiger partial charge in [-0.3, -0.25) is 0 Å². The summed E-state index contributed by atoms with van der Waals surface area (Å²) in [7, 11) is 1.35. The molecule has 1 aromatic carbocycles. The molecule has 0 fully saturated rings. The van der Waals surface area contributed by atoms with Gasteiger partial charge in [-0.25, -0.2) is 9.78 Å². The molecule has 1 aromatic heterocycles. The predicted molar refractivity (Wildman–Crippen MR) is 77.2 cm³/mol. The molecule has 0 aliphatic carbocycles. The lowest BCUT2D eigenvalue weighted by Gasteiger charge is -2.10. The van der Waals surface area contributed by atoms with Gasteiger partial charge in [-0.15, -0.1) is 0 Å². The lowest BCUT2D eigenvalue weighted by Crippen LogP contribution is -2.08. The molecule has 0 amide bonds. The van der Waals surface area contributed by atoms with Crippen LogP contribution in [0.15, 0.2) is 42.6 Å². The number of hydrogen-bond donors (Lipinski definition) is 2. The monoisotopic (exact) mass is 271 g/mol. The molecule has 104 valence electrons. The van der Waals surface area contributed by atoms with Crippen LogP contribution in [0.5, 0.6) is 0 Å². The molecule has 1 heterocycles. The Bertz CT molecular complexity index is 599. The van der Waals surface area contributed by atoms with Crippen LogP contribution in [0.2, 0.25) is 0 Å². The maximum atomic E-state index is 11.4. The smallest absolute Gasteiger partial charge is 0.338 e. The lowest BCUT2D eigenvalue weighted by atomic mass is 10.1. The number of nitrogens with zero attached hydrogens (tertiary/aromatic N) is 1. The number of hydrogen-bond acceptors (Lipinski definition) is 5. The summed E-state index contributed by atoms with van der Waals surface area (Å²) in [5.41, 5.74) is 8.36. The fourth-order valence-corrected chi connectivity index (χ4v) is 1.89. The number of benzene rings is 1. The van der Waals surface area contributed by atoms with Gasteiger partial charge in [0.25, 0.3) is 0 Å². The maximum absolute atomic E-state index is 11.4. The van der Waals surface area contributed by atoms with Crippen molar-refractivity contribution < 1.29 is 9.53 Å². The molecule has 0 radical (unpaired) electrons. The summed E-state index contributed by atoms with van der Waals surface area (Å²) in [5, 5.41) is 3.18. The second-order valence-corrected chi connectivity index (χ2v) is 4.25. The first-order valence-corrected chi connectivity index (χ1v) is 6.29. The third-order valence-electron chi connectivity index (χ3n) is 2.98. The van der Waals surface area contributed by atoms with Crippen molar-refractivity contribution in [2.75, 3.05) is 12.4 Å². The summed E-state index contributed by atoms with van der Waals surface area (Å²) >= 11 is 0. The van der Waals surface area contributed by atoms with Gasteiger partial charge >= 0.3 is 5.97 Å². The summed E-state index contributed by atoms with van der Waals surface area (Å²) in [6.07, 6.45) is 1.57. The Morgan fingerprint density at radius 1 is 1.30 bits per heavy atom. The second-order valence-electron chi connectivity index (χ2n) is 4.25. The Morgan fingerprint density at radius 2 is 2.05 bits per heavy atom. The van der Waals surface area contributed by atoms with Crippen molar-refractivity contribution in [3.05, 3.63) is 59.3 Å². The number of pyridine rings is 1. The zero-order chi connectivity index (χ0) is 14.4.